The number of Topliss-reactive ketones (excluding diaryl/α,β-unsaturated/α-hetero) is 1. The molecule has 5 heteroatoms. The number of carbonyl (C=O) groups excluding carboxylic acids is 1. The van der Waals surface area contributed by atoms with Crippen LogP contribution in [0.4, 0.5) is 0 Å². The highest BCUT2D eigenvalue weighted by Crippen LogP contribution is 2.26. The standard InChI is InChI=1S/C20H19NO4/c1-2-21-19(20(25)14-7-4-3-5-8-14)16-10-6-9-15(13-16)17(22)11-12-18(23)24/h2-10,13,25H,11-12H2,1H3,(H,23,24)/b20-19-,21-2?. The van der Waals surface area contributed by atoms with Gasteiger partial charge in [-0.15, -0.1) is 0 Å². The normalized spacial score (nSPS) is 12.0. The molecular formula is C20H19NO4. The average molecular weight is 337 g/mol. The maximum absolute atomic E-state index is 12.1. The van der Waals surface area contributed by atoms with E-state index < -0.39 is 5.97 Å². The van der Waals surface area contributed by atoms with Gasteiger partial charge in [-0.1, -0.05) is 48.5 Å². The number of hydrogen-bond acceptors (Lipinski definition) is 4. The van der Waals surface area contributed by atoms with Crippen LogP contribution < -0.4 is 0 Å². The zero-order chi connectivity index (χ0) is 18.2. The molecule has 0 aliphatic carbocycles. The summed E-state index contributed by atoms with van der Waals surface area (Å²) in [5.74, 6) is -1.26. The van der Waals surface area contributed by atoms with Crippen LogP contribution in [0.3, 0.4) is 0 Å². The van der Waals surface area contributed by atoms with Crippen molar-refractivity contribution in [3.8, 4) is 0 Å². The molecule has 2 rings (SSSR count). The lowest BCUT2D eigenvalue weighted by molar-refractivity contribution is -0.136. The molecule has 0 radical (unpaired) electrons. The first-order valence-electron chi connectivity index (χ1n) is 7.85. The van der Waals surface area contributed by atoms with Crippen molar-refractivity contribution in [2.45, 2.75) is 19.8 Å². The van der Waals surface area contributed by atoms with E-state index in [9.17, 15) is 14.7 Å². The second-order valence-corrected chi connectivity index (χ2v) is 5.35. The molecule has 0 aliphatic heterocycles. The Morgan fingerprint density at radius 2 is 1.56 bits per heavy atom. The fourth-order valence-electron chi connectivity index (χ4n) is 2.34. The quantitative estimate of drug-likeness (QED) is 0.343. The zero-order valence-corrected chi connectivity index (χ0v) is 13.8. The Labute approximate surface area is 146 Å². The minimum atomic E-state index is -1.01. The molecule has 0 spiro atoms. The predicted molar refractivity (Wildman–Crippen MR) is 97.7 cm³/mol. The van der Waals surface area contributed by atoms with Crippen LogP contribution in [0.25, 0.3) is 11.5 Å². The van der Waals surface area contributed by atoms with Gasteiger partial charge in [-0.2, -0.15) is 0 Å². The number of rotatable bonds is 7. The van der Waals surface area contributed by atoms with E-state index in [1.54, 1.807) is 49.5 Å². The summed E-state index contributed by atoms with van der Waals surface area (Å²) >= 11 is 0. The molecule has 128 valence electrons. The number of aliphatic hydroxyl groups excluding tert-OH is 1. The van der Waals surface area contributed by atoms with Gasteiger partial charge >= 0.3 is 5.97 Å². The van der Waals surface area contributed by atoms with Crippen LogP contribution in [0, 0.1) is 0 Å². The lowest BCUT2D eigenvalue weighted by Crippen LogP contribution is -2.04. The van der Waals surface area contributed by atoms with Gasteiger partial charge in [-0.25, -0.2) is 0 Å². The zero-order valence-electron chi connectivity index (χ0n) is 13.8. The number of aliphatic carboxylic acids is 1. The number of benzene rings is 2. The Hall–Kier alpha value is -3.21. The van der Waals surface area contributed by atoms with Gasteiger partial charge in [0.2, 0.25) is 0 Å². The molecule has 0 heterocycles. The van der Waals surface area contributed by atoms with Crippen LogP contribution in [-0.2, 0) is 4.79 Å². The summed E-state index contributed by atoms with van der Waals surface area (Å²) < 4.78 is 0. The molecule has 0 unspecified atom stereocenters. The van der Waals surface area contributed by atoms with Gasteiger partial charge < -0.3 is 10.2 Å². The first kappa shape index (κ1) is 18.1. The van der Waals surface area contributed by atoms with Crippen LogP contribution in [-0.4, -0.2) is 28.2 Å². The Morgan fingerprint density at radius 3 is 2.20 bits per heavy atom. The molecule has 5 nitrogen and oxygen atoms in total. The number of carboxylic acids is 1. The van der Waals surface area contributed by atoms with Crippen molar-refractivity contribution in [3.63, 3.8) is 0 Å². The summed E-state index contributed by atoms with van der Waals surface area (Å²) in [7, 11) is 0. The predicted octanol–water partition coefficient (Wildman–Crippen LogP) is 4.21. The molecule has 0 atom stereocenters. The molecule has 0 aromatic heterocycles. The smallest absolute Gasteiger partial charge is 0.303 e. The third-order valence-corrected chi connectivity index (χ3v) is 3.55. The molecule has 0 aliphatic rings. The van der Waals surface area contributed by atoms with E-state index in [1.165, 1.54) is 0 Å². The summed E-state index contributed by atoms with van der Waals surface area (Å²) in [6, 6.07) is 15.7. The summed E-state index contributed by atoms with van der Waals surface area (Å²) in [5.41, 5.74) is 1.94. The molecule has 25 heavy (non-hydrogen) atoms. The SMILES string of the molecule is CC=N/C(=C(\O)c1ccccc1)c1cccc(C(=O)CCC(=O)O)c1. The maximum atomic E-state index is 12.1. The topological polar surface area (TPSA) is 87.0 Å². The average Bonchev–Trinajstić information content (AvgIpc) is 2.64. The molecular weight excluding hydrogens is 318 g/mol. The van der Waals surface area contributed by atoms with Gasteiger partial charge in [0.25, 0.3) is 0 Å². The molecule has 0 amide bonds. The largest absolute Gasteiger partial charge is 0.505 e. The van der Waals surface area contributed by atoms with Crippen LogP contribution in [0.2, 0.25) is 0 Å². The van der Waals surface area contributed by atoms with E-state index in [-0.39, 0.29) is 24.4 Å². The molecule has 0 saturated carbocycles. The molecule has 0 saturated heterocycles. The van der Waals surface area contributed by atoms with Gasteiger partial charge in [0, 0.05) is 29.3 Å². The van der Waals surface area contributed by atoms with E-state index in [2.05, 4.69) is 4.99 Å². The number of aliphatic imine (C=N–C) groups is 1. The van der Waals surface area contributed by atoms with E-state index in [4.69, 9.17) is 5.11 Å². The number of ketones is 1. The van der Waals surface area contributed by atoms with Crippen molar-refractivity contribution in [2.24, 2.45) is 4.99 Å². The van der Waals surface area contributed by atoms with Crippen LogP contribution in [0.1, 0.15) is 41.3 Å². The molecule has 2 aromatic rings. The summed E-state index contributed by atoms with van der Waals surface area (Å²) in [5, 5.41) is 19.3. The first-order chi connectivity index (χ1) is 12.0. The molecule has 2 aromatic carbocycles. The van der Waals surface area contributed by atoms with Crippen molar-refractivity contribution in [1.82, 2.24) is 0 Å². The number of hydrogen-bond donors (Lipinski definition) is 2. The van der Waals surface area contributed by atoms with Crippen molar-refractivity contribution < 1.29 is 19.8 Å². The van der Waals surface area contributed by atoms with Gasteiger partial charge in [0.1, 0.15) is 11.5 Å². The second-order valence-electron chi connectivity index (χ2n) is 5.35. The lowest BCUT2D eigenvalue weighted by Gasteiger charge is -2.09. The van der Waals surface area contributed by atoms with Crippen LogP contribution >= 0.6 is 0 Å². The summed E-state index contributed by atoms with van der Waals surface area (Å²) in [6.45, 7) is 1.74. The maximum Gasteiger partial charge on any atom is 0.303 e. The first-order valence-corrected chi connectivity index (χ1v) is 7.85. The Balaban J connectivity index is 2.42. The summed E-state index contributed by atoms with van der Waals surface area (Å²) in [6.07, 6.45) is 1.28. The van der Waals surface area contributed by atoms with E-state index in [1.807, 2.05) is 18.2 Å². The van der Waals surface area contributed by atoms with Gasteiger partial charge in [0.05, 0.1) is 6.42 Å². The van der Waals surface area contributed by atoms with Gasteiger partial charge in [-0.05, 0) is 13.0 Å². The van der Waals surface area contributed by atoms with Crippen molar-refractivity contribution >= 4 is 29.4 Å². The summed E-state index contributed by atoms with van der Waals surface area (Å²) in [4.78, 5) is 27.0. The second kappa shape index (κ2) is 8.59. The third-order valence-electron chi connectivity index (χ3n) is 3.55. The number of carbonyl (C=O) groups is 2. The van der Waals surface area contributed by atoms with Crippen LogP contribution in [0.15, 0.2) is 59.6 Å². The van der Waals surface area contributed by atoms with Crippen molar-refractivity contribution in [1.29, 1.82) is 0 Å². The number of carboxylic acid groups (broad SMARTS) is 1. The Kier molecular flexibility index (Phi) is 6.23. The highest BCUT2D eigenvalue weighted by Gasteiger charge is 2.13. The van der Waals surface area contributed by atoms with E-state index in [0.717, 1.165) is 0 Å². The Morgan fingerprint density at radius 1 is 0.920 bits per heavy atom. The monoisotopic (exact) mass is 337 g/mol. The lowest BCUT2D eigenvalue weighted by atomic mass is 10.0. The minimum Gasteiger partial charge on any atom is -0.505 e. The van der Waals surface area contributed by atoms with Gasteiger partial charge in [-0.3, -0.25) is 14.6 Å². The number of nitrogens with zero attached hydrogens (tertiary/aromatic N) is 1. The van der Waals surface area contributed by atoms with Crippen molar-refractivity contribution in [3.05, 3.63) is 71.3 Å². The van der Waals surface area contributed by atoms with Crippen molar-refractivity contribution in [2.75, 3.05) is 0 Å². The van der Waals surface area contributed by atoms with E-state index >= 15 is 0 Å². The highest BCUT2D eigenvalue weighted by molar-refractivity contribution is 5.99. The minimum absolute atomic E-state index is 0.00818. The molecule has 0 fully saturated rings. The van der Waals surface area contributed by atoms with Gasteiger partial charge in [0.15, 0.2) is 5.78 Å². The fraction of sp³-hybridized carbons (Fsp3) is 0.150. The van der Waals surface area contributed by atoms with E-state index in [0.29, 0.717) is 22.4 Å². The number of aliphatic hydroxyl groups is 1. The fourth-order valence-corrected chi connectivity index (χ4v) is 2.34. The Bertz CT molecular complexity index is 823. The highest BCUT2D eigenvalue weighted by atomic mass is 16.4. The third kappa shape index (κ3) is 4.88. The van der Waals surface area contributed by atoms with Crippen LogP contribution in [0.5, 0.6) is 0 Å². The molecule has 0 bridgehead atoms. The molecule has 2 N–H and O–H groups in total.